The molecule has 0 amide bonds. The van der Waals surface area contributed by atoms with Crippen LogP contribution in [-0.2, 0) is 6.54 Å². The molecular weight excluding hydrogens is 415 g/mol. The zero-order valence-corrected chi connectivity index (χ0v) is 18.0. The van der Waals surface area contributed by atoms with Crippen LogP contribution in [0, 0.1) is 11.3 Å². The Hall–Kier alpha value is -2.84. The van der Waals surface area contributed by atoms with Crippen LogP contribution < -0.4 is 5.73 Å². The van der Waals surface area contributed by atoms with Crippen molar-refractivity contribution in [1.29, 1.82) is 5.26 Å². The van der Waals surface area contributed by atoms with Crippen LogP contribution >= 0.6 is 23.2 Å². The highest BCUT2D eigenvalue weighted by molar-refractivity contribution is 6.30. The molecule has 2 N–H and O–H groups in total. The summed E-state index contributed by atoms with van der Waals surface area (Å²) in [6.45, 7) is 4.46. The molecule has 6 heteroatoms. The minimum atomic E-state index is 0.244. The first-order chi connectivity index (χ1) is 14.5. The molecule has 4 rings (SSSR count). The molecule has 1 aliphatic heterocycles. The lowest BCUT2D eigenvalue weighted by Gasteiger charge is -2.31. The van der Waals surface area contributed by atoms with Crippen molar-refractivity contribution in [2.75, 3.05) is 18.8 Å². The number of benzene rings is 2. The molecular formula is C24H20Cl2N4. The molecule has 150 valence electrons. The van der Waals surface area contributed by atoms with Gasteiger partial charge in [-0.3, -0.25) is 4.90 Å². The molecule has 0 saturated heterocycles. The largest absolute Gasteiger partial charge is 0.383 e. The first kappa shape index (κ1) is 20.4. The number of pyridine rings is 1. The van der Waals surface area contributed by atoms with Crippen LogP contribution in [0.4, 0.5) is 5.82 Å². The van der Waals surface area contributed by atoms with Crippen molar-refractivity contribution >= 4 is 40.7 Å². The molecule has 30 heavy (non-hydrogen) atoms. The first-order valence-electron chi connectivity index (χ1n) is 9.67. The maximum Gasteiger partial charge on any atom is 0.142 e. The standard InChI is InChI=1S/C24H20Cl2N4/c1-2-30-13-17(11-15-3-7-18(25)8-4-15)23-21(14-30)22(20(12-27)24(28)29-23)16-5-9-19(26)10-6-16/h3-11H,2,13-14H2,1H3,(H2,28,29). The zero-order valence-electron chi connectivity index (χ0n) is 16.5. The van der Waals surface area contributed by atoms with Gasteiger partial charge in [-0.1, -0.05) is 54.4 Å². The number of likely N-dealkylation sites (N-methyl/N-ethyl adjacent to an activating group) is 1. The molecule has 0 radical (unpaired) electrons. The van der Waals surface area contributed by atoms with Gasteiger partial charge in [-0.2, -0.15) is 5.26 Å². The molecule has 0 bridgehead atoms. The SMILES string of the molecule is CCN1CC(=Cc2ccc(Cl)cc2)c2nc(N)c(C#N)c(-c3ccc(Cl)cc3)c2C1. The molecule has 0 fully saturated rings. The second-order valence-electron chi connectivity index (χ2n) is 7.22. The fraction of sp³-hybridized carbons (Fsp3) is 0.167. The summed E-state index contributed by atoms with van der Waals surface area (Å²) in [7, 11) is 0. The number of nitrogen functional groups attached to an aromatic ring is 1. The highest BCUT2D eigenvalue weighted by atomic mass is 35.5. The third kappa shape index (κ3) is 3.93. The minimum Gasteiger partial charge on any atom is -0.383 e. The number of halogens is 2. The van der Waals surface area contributed by atoms with Gasteiger partial charge < -0.3 is 5.73 Å². The van der Waals surface area contributed by atoms with Crippen molar-refractivity contribution in [1.82, 2.24) is 9.88 Å². The van der Waals surface area contributed by atoms with Gasteiger partial charge in [0, 0.05) is 34.3 Å². The molecule has 3 aromatic rings. The number of aromatic nitrogens is 1. The van der Waals surface area contributed by atoms with E-state index in [-0.39, 0.29) is 5.82 Å². The fourth-order valence-corrected chi connectivity index (χ4v) is 4.05. The molecule has 4 nitrogen and oxygen atoms in total. The highest BCUT2D eigenvalue weighted by Crippen LogP contribution is 2.39. The number of nitrogens with zero attached hydrogens (tertiary/aromatic N) is 3. The number of fused-ring (bicyclic) bond motifs is 1. The Kier molecular flexibility index (Phi) is 5.78. The molecule has 2 aromatic carbocycles. The maximum atomic E-state index is 9.83. The van der Waals surface area contributed by atoms with Gasteiger partial charge in [0.15, 0.2) is 0 Å². The predicted molar refractivity (Wildman–Crippen MR) is 124 cm³/mol. The average molecular weight is 435 g/mol. The van der Waals surface area contributed by atoms with Crippen LogP contribution in [0.25, 0.3) is 22.8 Å². The Morgan fingerprint density at radius 2 is 1.70 bits per heavy atom. The molecule has 0 atom stereocenters. The number of nitrogens with two attached hydrogens (primary N) is 1. The Balaban J connectivity index is 1.96. The van der Waals surface area contributed by atoms with E-state index in [1.165, 1.54) is 0 Å². The van der Waals surface area contributed by atoms with Crippen LogP contribution in [0.5, 0.6) is 0 Å². The van der Waals surface area contributed by atoms with E-state index in [1.54, 1.807) is 0 Å². The third-order valence-electron chi connectivity index (χ3n) is 5.31. The Labute approximate surface area is 186 Å². The summed E-state index contributed by atoms with van der Waals surface area (Å²) in [5.41, 5.74) is 12.3. The van der Waals surface area contributed by atoms with Crippen molar-refractivity contribution < 1.29 is 0 Å². The zero-order chi connectivity index (χ0) is 21.3. The lowest BCUT2D eigenvalue weighted by Crippen LogP contribution is -2.31. The number of rotatable bonds is 3. The summed E-state index contributed by atoms with van der Waals surface area (Å²) < 4.78 is 0. The van der Waals surface area contributed by atoms with E-state index in [9.17, 15) is 5.26 Å². The van der Waals surface area contributed by atoms with E-state index >= 15 is 0 Å². The van der Waals surface area contributed by atoms with Gasteiger partial charge in [0.2, 0.25) is 0 Å². The van der Waals surface area contributed by atoms with E-state index in [1.807, 2.05) is 48.5 Å². The molecule has 0 unspecified atom stereocenters. The van der Waals surface area contributed by atoms with Crippen LogP contribution in [0.15, 0.2) is 48.5 Å². The lowest BCUT2D eigenvalue weighted by molar-refractivity contribution is 0.307. The van der Waals surface area contributed by atoms with E-state index in [4.69, 9.17) is 28.9 Å². The highest BCUT2D eigenvalue weighted by Gasteiger charge is 2.27. The lowest BCUT2D eigenvalue weighted by atomic mass is 9.88. The summed E-state index contributed by atoms with van der Waals surface area (Å²) in [6.07, 6.45) is 2.11. The molecule has 1 aliphatic rings. The van der Waals surface area contributed by atoms with Crippen LogP contribution in [0.2, 0.25) is 10.0 Å². The normalized spacial score (nSPS) is 15.1. The van der Waals surface area contributed by atoms with E-state index < -0.39 is 0 Å². The van der Waals surface area contributed by atoms with Gasteiger partial charge in [0.25, 0.3) is 0 Å². The maximum absolute atomic E-state index is 9.83. The predicted octanol–water partition coefficient (Wildman–Crippen LogP) is 5.89. The van der Waals surface area contributed by atoms with Crippen molar-refractivity contribution in [2.45, 2.75) is 13.5 Å². The Bertz CT molecular complexity index is 1160. The summed E-state index contributed by atoms with van der Waals surface area (Å²) in [5, 5.41) is 11.2. The quantitative estimate of drug-likeness (QED) is 0.558. The molecule has 2 heterocycles. The summed E-state index contributed by atoms with van der Waals surface area (Å²) in [4.78, 5) is 6.98. The van der Waals surface area contributed by atoms with Gasteiger partial charge in [-0.05, 0) is 53.6 Å². The molecule has 0 aliphatic carbocycles. The van der Waals surface area contributed by atoms with Crippen molar-refractivity contribution in [3.63, 3.8) is 0 Å². The number of anilines is 1. The van der Waals surface area contributed by atoms with Gasteiger partial charge in [0.1, 0.15) is 17.5 Å². The van der Waals surface area contributed by atoms with Gasteiger partial charge >= 0.3 is 0 Å². The number of hydrogen-bond donors (Lipinski definition) is 1. The first-order valence-corrected chi connectivity index (χ1v) is 10.4. The van der Waals surface area contributed by atoms with E-state index in [2.05, 4.69) is 29.0 Å². The van der Waals surface area contributed by atoms with Crippen LogP contribution in [0.3, 0.4) is 0 Å². The van der Waals surface area contributed by atoms with E-state index in [0.717, 1.165) is 46.6 Å². The number of nitriles is 1. The second-order valence-corrected chi connectivity index (χ2v) is 8.09. The molecule has 0 saturated carbocycles. The van der Waals surface area contributed by atoms with Gasteiger partial charge in [-0.25, -0.2) is 4.98 Å². The number of hydrogen-bond acceptors (Lipinski definition) is 4. The Morgan fingerprint density at radius 3 is 2.30 bits per heavy atom. The van der Waals surface area contributed by atoms with Crippen molar-refractivity contribution in [2.24, 2.45) is 0 Å². The monoisotopic (exact) mass is 434 g/mol. The third-order valence-corrected chi connectivity index (χ3v) is 5.81. The summed E-state index contributed by atoms with van der Waals surface area (Å²) in [5.74, 6) is 0.244. The van der Waals surface area contributed by atoms with Gasteiger partial charge in [0.05, 0.1) is 5.69 Å². The van der Waals surface area contributed by atoms with E-state index in [0.29, 0.717) is 22.2 Å². The summed E-state index contributed by atoms with van der Waals surface area (Å²) in [6, 6.07) is 17.5. The second kappa shape index (κ2) is 8.49. The van der Waals surface area contributed by atoms with Crippen molar-refractivity contribution in [3.05, 3.63) is 81.0 Å². The van der Waals surface area contributed by atoms with Gasteiger partial charge in [-0.15, -0.1) is 0 Å². The minimum absolute atomic E-state index is 0.244. The van der Waals surface area contributed by atoms with Crippen LogP contribution in [0.1, 0.15) is 29.3 Å². The summed E-state index contributed by atoms with van der Waals surface area (Å²) >= 11 is 12.1. The molecule has 0 spiro atoms. The molecule has 1 aromatic heterocycles. The fourth-order valence-electron chi connectivity index (χ4n) is 3.80. The topological polar surface area (TPSA) is 65.9 Å². The van der Waals surface area contributed by atoms with Crippen molar-refractivity contribution in [3.8, 4) is 17.2 Å². The smallest absolute Gasteiger partial charge is 0.142 e. The van der Waals surface area contributed by atoms with Crippen LogP contribution in [-0.4, -0.2) is 23.0 Å². The average Bonchev–Trinajstić information content (AvgIpc) is 2.75. The Morgan fingerprint density at radius 1 is 1.07 bits per heavy atom.